The van der Waals surface area contributed by atoms with Gasteiger partial charge in [-0.25, -0.2) is 0 Å². The highest BCUT2D eigenvalue weighted by Crippen LogP contribution is 2.41. The topological polar surface area (TPSA) is 0 Å². The van der Waals surface area contributed by atoms with Crippen LogP contribution in [0.3, 0.4) is 0 Å². The molecule has 0 aromatic heterocycles. The minimum Gasteiger partial charge on any atom is -0.103 e. The minimum atomic E-state index is 0.848. The van der Waals surface area contributed by atoms with Crippen molar-refractivity contribution >= 4 is 17.2 Å². The van der Waals surface area contributed by atoms with Gasteiger partial charge in [-0.2, -0.15) is 0 Å². The van der Waals surface area contributed by atoms with Gasteiger partial charge in [-0.3, -0.25) is 0 Å². The molecule has 22 heavy (non-hydrogen) atoms. The number of hydrogen-bond acceptors (Lipinski definition) is 0. The maximum absolute atomic E-state index is 6.12. The summed E-state index contributed by atoms with van der Waals surface area (Å²) in [5.41, 5.74) is 2.82. The Morgan fingerprint density at radius 1 is 1.09 bits per heavy atom. The molecule has 0 spiro atoms. The number of rotatable bonds is 4. The molecule has 2 aliphatic carbocycles. The maximum atomic E-state index is 6.12. The lowest BCUT2D eigenvalue weighted by atomic mass is 9.70. The molecular weight excluding hydrogens is 288 g/mol. The molecule has 0 radical (unpaired) electrons. The summed E-state index contributed by atoms with van der Waals surface area (Å²) in [6.07, 6.45) is 15.3. The lowest BCUT2D eigenvalue weighted by molar-refractivity contribution is 0.196. The summed E-state index contributed by atoms with van der Waals surface area (Å²) >= 11 is 6.12. The molecule has 0 heterocycles. The van der Waals surface area contributed by atoms with Crippen LogP contribution < -0.4 is 0 Å². The quantitative estimate of drug-likeness (QED) is 0.530. The Morgan fingerprint density at radius 2 is 1.91 bits per heavy atom. The van der Waals surface area contributed by atoms with Crippen molar-refractivity contribution in [3.05, 3.63) is 53.6 Å². The smallest absolute Gasteiger partial charge is 0.0412 e. The summed E-state index contributed by atoms with van der Waals surface area (Å²) in [6.45, 7) is 3.89. The first-order valence-electron chi connectivity index (χ1n) is 8.82. The molecular formula is C21H27Cl. The van der Waals surface area contributed by atoms with E-state index in [4.69, 9.17) is 11.6 Å². The molecule has 1 unspecified atom stereocenters. The van der Waals surface area contributed by atoms with Crippen LogP contribution in [0, 0.1) is 17.8 Å². The normalized spacial score (nSPS) is 29.0. The van der Waals surface area contributed by atoms with E-state index in [1.807, 2.05) is 6.07 Å². The number of halogens is 1. The summed E-state index contributed by atoms with van der Waals surface area (Å²) in [4.78, 5) is 0. The monoisotopic (exact) mass is 314 g/mol. The Balaban J connectivity index is 1.56. The second-order valence-corrected chi connectivity index (χ2v) is 7.52. The van der Waals surface area contributed by atoms with Crippen LogP contribution in [0.25, 0.3) is 5.57 Å². The molecule has 1 saturated carbocycles. The van der Waals surface area contributed by atoms with Gasteiger partial charge in [0.1, 0.15) is 0 Å². The molecule has 2 aliphatic rings. The average Bonchev–Trinajstić information content (AvgIpc) is 2.56. The van der Waals surface area contributed by atoms with Crippen LogP contribution >= 0.6 is 11.6 Å². The Kier molecular flexibility index (Phi) is 5.41. The molecule has 1 aromatic carbocycles. The molecule has 0 amide bonds. The molecule has 0 aliphatic heterocycles. The first kappa shape index (κ1) is 15.9. The molecule has 0 N–H and O–H groups in total. The molecule has 0 nitrogen and oxygen atoms in total. The summed E-state index contributed by atoms with van der Waals surface area (Å²) in [7, 11) is 0. The number of benzene rings is 1. The van der Waals surface area contributed by atoms with Gasteiger partial charge in [0, 0.05) is 5.02 Å². The second kappa shape index (κ2) is 7.51. The third-order valence-electron chi connectivity index (χ3n) is 5.70. The van der Waals surface area contributed by atoms with Gasteiger partial charge in [0.05, 0.1) is 0 Å². The molecule has 1 atom stereocenters. The van der Waals surface area contributed by atoms with E-state index in [-0.39, 0.29) is 0 Å². The first-order chi connectivity index (χ1) is 10.8. The van der Waals surface area contributed by atoms with Crippen molar-refractivity contribution in [1.29, 1.82) is 0 Å². The average molecular weight is 315 g/mol. The highest BCUT2D eigenvalue weighted by Gasteiger charge is 2.28. The summed E-state index contributed by atoms with van der Waals surface area (Å²) < 4.78 is 0. The Hall–Kier alpha value is -1.01. The van der Waals surface area contributed by atoms with Crippen molar-refractivity contribution < 1.29 is 0 Å². The van der Waals surface area contributed by atoms with Gasteiger partial charge in [0.25, 0.3) is 0 Å². The number of hydrogen-bond donors (Lipinski definition) is 0. The molecule has 1 fully saturated rings. The van der Waals surface area contributed by atoms with E-state index in [1.165, 1.54) is 62.5 Å². The summed E-state index contributed by atoms with van der Waals surface area (Å²) in [5.74, 6) is 2.78. The van der Waals surface area contributed by atoms with Crippen LogP contribution in [-0.2, 0) is 0 Å². The van der Waals surface area contributed by atoms with Gasteiger partial charge in [-0.1, -0.05) is 35.9 Å². The summed E-state index contributed by atoms with van der Waals surface area (Å²) in [6, 6.07) is 8.32. The molecule has 118 valence electrons. The zero-order chi connectivity index (χ0) is 15.4. The van der Waals surface area contributed by atoms with Crippen molar-refractivity contribution in [2.24, 2.45) is 17.8 Å². The van der Waals surface area contributed by atoms with E-state index in [1.54, 1.807) is 0 Å². The second-order valence-electron chi connectivity index (χ2n) is 7.08. The molecule has 0 saturated heterocycles. The highest BCUT2D eigenvalue weighted by atomic mass is 35.5. The Morgan fingerprint density at radius 3 is 2.55 bits per heavy atom. The van der Waals surface area contributed by atoms with Gasteiger partial charge in [0.15, 0.2) is 0 Å². The van der Waals surface area contributed by atoms with Gasteiger partial charge in [-0.05, 0) is 92.4 Å². The largest absolute Gasteiger partial charge is 0.103 e. The van der Waals surface area contributed by atoms with Crippen molar-refractivity contribution in [1.82, 2.24) is 0 Å². The SMILES string of the molecule is C=CCC1CCC(C2CC=C(c3cccc(Cl)c3)CC2)CC1. The van der Waals surface area contributed by atoms with Crippen LogP contribution in [0.1, 0.15) is 56.9 Å². The van der Waals surface area contributed by atoms with Crippen molar-refractivity contribution in [3.8, 4) is 0 Å². The number of allylic oxidation sites excluding steroid dienone is 3. The highest BCUT2D eigenvalue weighted by molar-refractivity contribution is 6.30. The van der Waals surface area contributed by atoms with Crippen LogP contribution in [0.15, 0.2) is 43.0 Å². The zero-order valence-electron chi connectivity index (χ0n) is 13.4. The first-order valence-corrected chi connectivity index (χ1v) is 9.20. The standard InChI is InChI=1S/C21H27Cl/c1-2-4-16-7-9-17(10-8-16)18-11-13-19(14-12-18)20-5-3-6-21(22)15-20/h2-3,5-6,13,15-18H,1,4,7-12,14H2. The lowest BCUT2D eigenvalue weighted by Gasteiger charge is -2.35. The Bertz CT molecular complexity index is 535. The summed E-state index contributed by atoms with van der Waals surface area (Å²) in [5, 5.41) is 0.848. The van der Waals surface area contributed by atoms with Gasteiger partial charge in [0.2, 0.25) is 0 Å². The van der Waals surface area contributed by atoms with E-state index in [2.05, 4.69) is 36.9 Å². The van der Waals surface area contributed by atoms with Crippen molar-refractivity contribution in [2.45, 2.75) is 51.4 Å². The van der Waals surface area contributed by atoms with Crippen molar-refractivity contribution in [3.63, 3.8) is 0 Å². The third-order valence-corrected chi connectivity index (χ3v) is 5.94. The molecule has 3 rings (SSSR count). The van der Waals surface area contributed by atoms with E-state index >= 15 is 0 Å². The van der Waals surface area contributed by atoms with Crippen LogP contribution in [0.4, 0.5) is 0 Å². The fraction of sp³-hybridized carbons (Fsp3) is 0.524. The molecule has 1 heteroatoms. The Labute approximate surface area is 140 Å². The fourth-order valence-corrected chi connectivity index (χ4v) is 4.55. The predicted molar refractivity (Wildman–Crippen MR) is 97.0 cm³/mol. The van der Waals surface area contributed by atoms with Gasteiger partial charge in [-0.15, -0.1) is 6.58 Å². The third kappa shape index (κ3) is 3.84. The fourth-order valence-electron chi connectivity index (χ4n) is 4.36. The van der Waals surface area contributed by atoms with E-state index in [0.717, 1.165) is 22.8 Å². The van der Waals surface area contributed by atoms with Gasteiger partial charge >= 0.3 is 0 Å². The van der Waals surface area contributed by atoms with Crippen LogP contribution in [0.2, 0.25) is 5.02 Å². The predicted octanol–water partition coefficient (Wildman–Crippen LogP) is 6.91. The van der Waals surface area contributed by atoms with Crippen LogP contribution in [0.5, 0.6) is 0 Å². The van der Waals surface area contributed by atoms with Gasteiger partial charge < -0.3 is 0 Å². The van der Waals surface area contributed by atoms with E-state index in [9.17, 15) is 0 Å². The van der Waals surface area contributed by atoms with E-state index < -0.39 is 0 Å². The molecule has 1 aromatic rings. The van der Waals surface area contributed by atoms with E-state index in [0.29, 0.717) is 0 Å². The van der Waals surface area contributed by atoms with Crippen molar-refractivity contribution in [2.75, 3.05) is 0 Å². The molecule has 0 bridgehead atoms. The van der Waals surface area contributed by atoms with Crippen LogP contribution in [-0.4, -0.2) is 0 Å². The minimum absolute atomic E-state index is 0.848. The zero-order valence-corrected chi connectivity index (χ0v) is 14.2. The maximum Gasteiger partial charge on any atom is 0.0412 e. The lowest BCUT2D eigenvalue weighted by Crippen LogP contribution is -2.23.